The molecule has 21 heavy (non-hydrogen) atoms. The summed E-state index contributed by atoms with van der Waals surface area (Å²) in [7, 11) is 1.60. The lowest BCUT2D eigenvalue weighted by Gasteiger charge is -2.19. The van der Waals surface area contributed by atoms with Crippen LogP contribution in [-0.2, 0) is 10.9 Å². The van der Waals surface area contributed by atoms with Crippen LogP contribution in [0.15, 0.2) is 18.5 Å². The van der Waals surface area contributed by atoms with Crippen LogP contribution in [0.5, 0.6) is 0 Å². The molecule has 1 fully saturated rings. The van der Waals surface area contributed by atoms with Gasteiger partial charge in [-0.1, -0.05) is 0 Å². The summed E-state index contributed by atoms with van der Waals surface area (Å²) >= 11 is 0. The van der Waals surface area contributed by atoms with E-state index in [9.17, 15) is 13.2 Å². The van der Waals surface area contributed by atoms with E-state index < -0.39 is 11.9 Å². The Morgan fingerprint density at radius 1 is 1.43 bits per heavy atom. The molecule has 1 aliphatic rings. The zero-order chi connectivity index (χ0) is 15.0. The molecule has 1 aliphatic heterocycles. The van der Waals surface area contributed by atoms with Gasteiger partial charge in [0.1, 0.15) is 5.52 Å². The van der Waals surface area contributed by atoms with Crippen molar-refractivity contribution in [3.05, 3.63) is 24.2 Å². The number of anilines is 1. The fraction of sp³-hybridized carbons (Fsp3) is 0.500. The van der Waals surface area contributed by atoms with Gasteiger partial charge in [0.15, 0.2) is 11.5 Å². The molecule has 0 aliphatic carbocycles. The molecule has 0 aromatic carbocycles. The fourth-order valence-corrected chi connectivity index (χ4v) is 2.39. The molecule has 0 amide bonds. The van der Waals surface area contributed by atoms with Gasteiger partial charge in [-0.05, 0) is 0 Å². The van der Waals surface area contributed by atoms with Crippen molar-refractivity contribution in [2.24, 2.45) is 0 Å². The third-order valence-corrected chi connectivity index (χ3v) is 3.46. The molecule has 9 heteroatoms. The van der Waals surface area contributed by atoms with Crippen molar-refractivity contribution in [1.82, 2.24) is 19.9 Å². The Kier molecular flexibility index (Phi) is 3.46. The second-order valence-electron chi connectivity index (χ2n) is 4.82. The molecular formula is C12H14F3N5O. The Hall–Kier alpha value is -1.87. The molecule has 6 nitrogen and oxygen atoms in total. The molecule has 1 saturated heterocycles. The molecule has 3 rings (SSSR count). The van der Waals surface area contributed by atoms with Crippen LogP contribution in [0.4, 0.5) is 19.0 Å². The van der Waals surface area contributed by atoms with Gasteiger partial charge in [0.25, 0.3) is 0 Å². The Labute approximate surface area is 118 Å². The third-order valence-electron chi connectivity index (χ3n) is 3.46. The van der Waals surface area contributed by atoms with Crippen molar-refractivity contribution in [3.63, 3.8) is 0 Å². The van der Waals surface area contributed by atoms with Gasteiger partial charge in [-0.3, -0.25) is 0 Å². The van der Waals surface area contributed by atoms with Gasteiger partial charge < -0.3 is 15.4 Å². The van der Waals surface area contributed by atoms with Crippen molar-refractivity contribution >= 4 is 11.3 Å². The first-order valence-electron chi connectivity index (χ1n) is 6.40. The Balaban J connectivity index is 1.93. The van der Waals surface area contributed by atoms with Crippen molar-refractivity contribution in [1.29, 1.82) is 0 Å². The minimum Gasteiger partial charge on any atom is -0.378 e. The summed E-state index contributed by atoms with van der Waals surface area (Å²) in [6.45, 7) is 1.34. The molecule has 0 bridgehead atoms. The number of ether oxygens (including phenoxy) is 1. The van der Waals surface area contributed by atoms with E-state index in [1.54, 1.807) is 7.11 Å². The van der Waals surface area contributed by atoms with Gasteiger partial charge in [-0.25, -0.2) is 9.50 Å². The largest absolute Gasteiger partial charge is 0.435 e. The highest BCUT2D eigenvalue weighted by molar-refractivity contribution is 5.68. The number of aromatic nitrogens is 3. The van der Waals surface area contributed by atoms with Crippen LogP contribution < -0.4 is 10.6 Å². The summed E-state index contributed by atoms with van der Waals surface area (Å²) in [6.07, 6.45) is -1.74. The van der Waals surface area contributed by atoms with E-state index in [0.717, 1.165) is 6.07 Å². The number of halogens is 3. The van der Waals surface area contributed by atoms with Crippen LogP contribution in [0, 0.1) is 0 Å². The fourth-order valence-electron chi connectivity index (χ4n) is 2.39. The van der Waals surface area contributed by atoms with E-state index in [0.29, 0.717) is 18.9 Å². The van der Waals surface area contributed by atoms with E-state index in [1.165, 1.54) is 16.9 Å². The van der Waals surface area contributed by atoms with E-state index in [-0.39, 0.29) is 17.7 Å². The first kappa shape index (κ1) is 14.1. The van der Waals surface area contributed by atoms with E-state index in [4.69, 9.17) is 4.74 Å². The SMILES string of the molecule is CO[C@H]1CNCC1Nc1nccn2nc(C(F)(F)F)cc12. The lowest BCUT2D eigenvalue weighted by atomic mass is 10.2. The van der Waals surface area contributed by atoms with Crippen LogP contribution >= 0.6 is 0 Å². The average Bonchev–Trinajstić information content (AvgIpc) is 3.04. The summed E-state index contributed by atoms with van der Waals surface area (Å²) < 4.78 is 44.7. The van der Waals surface area contributed by atoms with E-state index in [2.05, 4.69) is 20.7 Å². The van der Waals surface area contributed by atoms with E-state index in [1.807, 2.05) is 0 Å². The number of nitrogens with zero attached hydrogens (tertiary/aromatic N) is 3. The van der Waals surface area contributed by atoms with Crippen molar-refractivity contribution in [2.75, 3.05) is 25.5 Å². The minimum absolute atomic E-state index is 0.0575. The number of rotatable bonds is 3. The first-order chi connectivity index (χ1) is 9.99. The van der Waals surface area contributed by atoms with Gasteiger partial charge in [-0.2, -0.15) is 18.3 Å². The monoisotopic (exact) mass is 301 g/mol. The molecule has 114 valence electrons. The number of nitrogens with one attached hydrogen (secondary N) is 2. The Bertz CT molecular complexity index is 641. The highest BCUT2D eigenvalue weighted by Gasteiger charge is 2.35. The quantitative estimate of drug-likeness (QED) is 0.890. The molecule has 0 radical (unpaired) electrons. The van der Waals surface area contributed by atoms with Crippen LogP contribution in [0.2, 0.25) is 0 Å². The molecule has 2 aromatic rings. The maximum atomic E-state index is 12.7. The third kappa shape index (κ3) is 2.66. The minimum atomic E-state index is -4.48. The van der Waals surface area contributed by atoms with Gasteiger partial charge >= 0.3 is 6.18 Å². The standard InChI is InChI=1S/C12H14F3N5O/c1-21-9-6-16-5-7(9)18-11-8-4-10(12(13,14)15)19-20(8)3-2-17-11/h2-4,7,9,16H,5-6H2,1H3,(H,17,18)/t7?,9-/m0/s1. The number of alkyl halides is 3. The van der Waals surface area contributed by atoms with Crippen LogP contribution in [-0.4, -0.2) is 46.9 Å². The molecule has 1 unspecified atom stereocenters. The summed E-state index contributed by atoms with van der Waals surface area (Å²) in [5.41, 5.74) is -0.655. The molecule has 2 aromatic heterocycles. The molecule has 0 saturated carbocycles. The number of hydrogen-bond donors (Lipinski definition) is 2. The number of fused-ring (bicyclic) bond motifs is 1. The van der Waals surface area contributed by atoms with Gasteiger partial charge in [0.05, 0.1) is 12.1 Å². The van der Waals surface area contributed by atoms with Crippen LogP contribution in [0.25, 0.3) is 5.52 Å². The lowest BCUT2D eigenvalue weighted by Crippen LogP contribution is -2.34. The second-order valence-corrected chi connectivity index (χ2v) is 4.82. The highest BCUT2D eigenvalue weighted by Crippen LogP contribution is 2.30. The number of methoxy groups -OCH3 is 1. The first-order valence-corrected chi connectivity index (χ1v) is 6.40. The van der Waals surface area contributed by atoms with Gasteiger partial charge in [0, 0.05) is 38.7 Å². The molecule has 0 spiro atoms. The molecule has 3 heterocycles. The van der Waals surface area contributed by atoms with Gasteiger partial charge in [0.2, 0.25) is 0 Å². The average molecular weight is 301 g/mol. The summed E-state index contributed by atoms with van der Waals surface area (Å²) in [4.78, 5) is 4.11. The van der Waals surface area contributed by atoms with E-state index >= 15 is 0 Å². The second kappa shape index (κ2) is 5.15. The maximum Gasteiger partial charge on any atom is 0.435 e. The molecule has 2 N–H and O–H groups in total. The van der Waals surface area contributed by atoms with Crippen molar-refractivity contribution in [2.45, 2.75) is 18.3 Å². The summed E-state index contributed by atoms with van der Waals surface area (Å²) in [5, 5.41) is 9.80. The zero-order valence-corrected chi connectivity index (χ0v) is 11.2. The van der Waals surface area contributed by atoms with Crippen molar-refractivity contribution in [3.8, 4) is 0 Å². The molecule has 2 atom stereocenters. The topological polar surface area (TPSA) is 63.5 Å². The number of hydrogen-bond acceptors (Lipinski definition) is 5. The maximum absolute atomic E-state index is 12.7. The summed E-state index contributed by atoms with van der Waals surface area (Å²) in [5.74, 6) is 0.358. The Morgan fingerprint density at radius 3 is 2.95 bits per heavy atom. The lowest BCUT2D eigenvalue weighted by molar-refractivity contribution is -0.141. The zero-order valence-electron chi connectivity index (χ0n) is 11.2. The highest BCUT2D eigenvalue weighted by atomic mass is 19.4. The van der Waals surface area contributed by atoms with Crippen LogP contribution in [0.1, 0.15) is 5.69 Å². The smallest absolute Gasteiger partial charge is 0.378 e. The predicted molar refractivity (Wildman–Crippen MR) is 69.1 cm³/mol. The summed E-state index contributed by atoms with van der Waals surface area (Å²) in [6, 6.07) is 0.928. The predicted octanol–water partition coefficient (Wildman–Crippen LogP) is 1.15. The van der Waals surface area contributed by atoms with Crippen molar-refractivity contribution < 1.29 is 17.9 Å². The Morgan fingerprint density at radius 2 is 2.24 bits per heavy atom. The molecular weight excluding hydrogens is 287 g/mol. The van der Waals surface area contributed by atoms with Gasteiger partial charge in [-0.15, -0.1) is 0 Å². The normalized spacial score (nSPS) is 22.9. The van der Waals surface area contributed by atoms with Crippen LogP contribution in [0.3, 0.4) is 0 Å².